The third kappa shape index (κ3) is 6.06. The highest BCUT2D eigenvalue weighted by molar-refractivity contribution is 5.79. The highest BCUT2D eigenvalue weighted by Gasteiger charge is 2.12. The highest BCUT2D eigenvalue weighted by Crippen LogP contribution is 2.16. The number of hydrogen-bond donors (Lipinski definition) is 2. The van der Waals surface area contributed by atoms with E-state index >= 15 is 0 Å². The number of nitrogens with zero attached hydrogens (tertiary/aromatic N) is 2. The number of piperidine rings is 1. The van der Waals surface area contributed by atoms with Crippen molar-refractivity contribution in [2.45, 2.75) is 39.3 Å². The van der Waals surface area contributed by atoms with E-state index in [1.807, 2.05) is 6.08 Å². The van der Waals surface area contributed by atoms with Gasteiger partial charge in [-0.25, -0.2) is 4.99 Å². The fraction of sp³-hybridized carbons (Fsp3) is 0.526. The van der Waals surface area contributed by atoms with Crippen molar-refractivity contribution in [2.75, 3.05) is 26.2 Å². The molecule has 0 unspecified atom stereocenters. The minimum absolute atomic E-state index is 0.705. The largest absolute Gasteiger partial charge is 0.357 e. The second kappa shape index (κ2) is 10.1. The van der Waals surface area contributed by atoms with Crippen LogP contribution in [-0.4, -0.2) is 37.0 Å². The number of hydrogen-bond acceptors (Lipinski definition) is 2. The van der Waals surface area contributed by atoms with Crippen LogP contribution in [0.1, 0.15) is 37.3 Å². The molecule has 2 N–H and O–H groups in total. The minimum atomic E-state index is 0.705. The lowest BCUT2D eigenvalue weighted by molar-refractivity contribution is 0.220. The van der Waals surface area contributed by atoms with E-state index in [-0.39, 0.29) is 0 Å². The Hall–Kier alpha value is -1.81. The Balaban J connectivity index is 2.01. The molecule has 4 heteroatoms. The molecule has 0 bridgehead atoms. The van der Waals surface area contributed by atoms with Gasteiger partial charge in [0.25, 0.3) is 0 Å². The van der Waals surface area contributed by atoms with Gasteiger partial charge >= 0.3 is 0 Å². The standard InChI is InChI=1S/C19H30N4/c1-3-12-21-19(20-4-2)22-15-17-10-6-7-11-18(17)16-23-13-8-5-9-14-23/h3,6-7,10-11H,1,4-5,8-9,12-16H2,2H3,(H2,20,21,22). The van der Waals surface area contributed by atoms with Gasteiger partial charge in [-0.3, -0.25) is 4.90 Å². The Labute approximate surface area is 140 Å². The Bertz CT molecular complexity index is 504. The van der Waals surface area contributed by atoms with Gasteiger partial charge in [0, 0.05) is 19.6 Å². The van der Waals surface area contributed by atoms with Gasteiger partial charge in [0.1, 0.15) is 0 Å². The molecule has 23 heavy (non-hydrogen) atoms. The lowest BCUT2D eigenvalue weighted by Crippen LogP contribution is -2.37. The first kappa shape index (κ1) is 17.5. The van der Waals surface area contributed by atoms with Gasteiger partial charge in [0.2, 0.25) is 0 Å². The van der Waals surface area contributed by atoms with Gasteiger partial charge in [-0.15, -0.1) is 6.58 Å². The van der Waals surface area contributed by atoms with Crippen molar-refractivity contribution >= 4 is 5.96 Å². The van der Waals surface area contributed by atoms with E-state index in [1.54, 1.807) is 0 Å². The van der Waals surface area contributed by atoms with E-state index in [9.17, 15) is 0 Å². The Morgan fingerprint density at radius 2 is 1.91 bits per heavy atom. The van der Waals surface area contributed by atoms with Crippen molar-refractivity contribution in [2.24, 2.45) is 4.99 Å². The maximum Gasteiger partial charge on any atom is 0.191 e. The molecule has 4 nitrogen and oxygen atoms in total. The lowest BCUT2D eigenvalue weighted by Gasteiger charge is -2.27. The maximum absolute atomic E-state index is 4.70. The van der Waals surface area contributed by atoms with E-state index in [2.05, 4.69) is 53.3 Å². The third-order valence-electron chi connectivity index (χ3n) is 4.13. The van der Waals surface area contributed by atoms with Crippen LogP contribution in [0.15, 0.2) is 41.9 Å². The molecule has 2 rings (SSSR count). The summed E-state index contributed by atoms with van der Waals surface area (Å²) in [5.41, 5.74) is 2.71. The quantitative estimate of drug-likeness (QED) is 0.462. The SMILES string of the molecule is C=CCNC(=NCc1ccccc1CN1CCCCC1)NCC. The molecule has 1 aromatic carbocycles. The first-order valence-corrected chi connectivity index (χ1v) is 8.75. The van der Waals surface area contributed by atoms with Gasteiger partial charge in [-0.05, 0) is 44.0 Å². The van der Waals surface area contributed by atoms with Crippen LogP contribution >= 0.6 is 0 Å². The molecule has 1 fully saturated rings. The molecule has 126 valence electrons. The molecule has 1 aromatic rings. The molecule has 0 spiro atoms. The molecular formula is C19H30N4. The van der Waals surface area contributed by atoms with Gasteiger partial charge in [0.15, 0.2) is 5.96 Å². The second-order valence-electron chi connectivity index (χ2n) is 5.97. The maximum atomic E-state index is 4.70. The number of aliphatic imine (C=N–C) groups is 1. The zero-order valence-corrected chi connectivity index (χ0v) is 14.4. The summed E-state index contributed by atoms with van der Waals surface area (Å²) >= 11 is 0. The summed E-state index contributed by atoms with van der Waals surface area (Å²) in [6.45, 7) is 11.6. The molecule has 1 heterocycles. The summed E-state index contributed by atoms with van der Waals surface area (Å²) in [4.78, 5) is 7.27. The van der Waals surface area contributed by atoms with E-state index < -0.39 is 0 Å². The van der Waals surface area contributed by atoms with Crippen molar-refractivity contribution < 1.29 is 0 Å². The Kier molecular flexibility index (Phi) is 7.67. The monoisotopic (exact) mass is 314 g/mol. The molecule has 1 saturated heterocycles. The fourth-order valence-corrected chi connectivity index (χ4v) is 2.90. The molecule has 0 amide bonds. The molecule has 0 radical (unpaired) electrons. The zero-order chi connectivity index (χ0) is 16.3. The summed E-state index contributed by atoms with van der Waals surface area (Å²) in [6, 6.07) is 8.67. The first-order valence-electron chi connectivity index (χ1n) is 8.75. The first-order chi connectivity index (χ1) is 11.3. The van der Waals surface area contributed by atoms with Crippen LogP contribution in [0.25, 0.3) is 0 Å². The number of likely N-dealkylation sites (tertiary alicyclic amines) is 1. The van der Waals surface area contributed by atoms with E-state index in [0.29, 0.717) is 6.54 Å². The molecule has 0 atom stereocenters. The van der Waals surface area contributed by atoms with Gasteiger partial charge < -0.3 is 10.6 Å². The van der Waals surface area contributed by atoms with Crippen LogP contribution in [0.4, 0.5) is 0 Å². The topological polar surface area (TPSA) is 39.7 Å². The summed E-state index contributed by atoms with van der Waals surface area (Å²) in [5, 5.41) is 6.52. The summed E-state index contributed by atoms with van der Waals surface area (Å²) in [6.07, 6.45) is 5.88. The van der Waals surface area contributed by atoms with E-state index in [0.717, 1.165) is 25.6 Å². The third-order valence-corrected chi connectivity index (χ3v) is 4.13. The Morgan fingerprint density at radius 1 is 1.17 bits per heavy atom. The van der Waals surface area contributed by atoms with Crippen LogP contribution < -0.4 is 10.6 Å². The molecule has 0 aromatic heterocycles. The molecule has 0 aliphatic carbocycles. The second-order valence-corrected chi connectivity index (χ2v) is 5.97. The summed E-state index contributed by atoms with van der Waals surface area (Å²) < 4.78 is 0. The number of nitrogens with one attached hydrogen (secondary N) is 2. The lowest BCUT2D eigenvalue weighted by atomic mass is 10.1. The van der Waals surface area contributed by atoms with Crippen LogP contribution in [0.2, 0.25) is 0 Å². The van der Waals surface area contributed by atoms with Crippen molar-refractivity contribution in [3.63, 3.8) is 0 Å². The minimum Gasteiger partial charge on any atom is -0.357 e. The predicted octanol–water partition coefficient (Wildman–Crippen LogP) is 2.91. The average Bonchev–Trinajstić information content (AvgIpc) is 2.59. The molecule has 0 saturated carbocycles. The number of guanidine groups is 1. The smallest absolute Gasteiger partial charge is 0.191 e. The summed E-state index contributed by atoms with van der Waals surface area (Å²) in [5.74, 6) is 0.847. The van der Waals surface area contributed by atoms with Crippen molar-refractivity contribution in [3.8, 4) is 0 Å². The van der Waals surface area contributed by atoms with E-state index in [1.165, 1.54) is 43.5 Å². The Morgan fingerprint density at radius 3 is 2.61 bits per heavy atom. The van der Waals surface area contributed by atoms with Gasteiger partial charge in [0.05, 0.1) is 6.54 Å². The van der Waals surface area contributed by atoms with Gasteiger partial charge in [-0.1, -0.05) is 36.8 Å². The van der Waals surface area contributed by atoms with Crippen molar-refractivity contribution in [1.29, 1.82) is 0 Å². The van der Waals surface area contributed by atoms with Crippen LogP contribution in [0.3, 0.4) is 0 Å². The predicted molar refractivity (Wildman–Crippen MR) is 98.6 cm³/mol. The molecule has 1 aliphatic heterocycles. The molecule has 1 aliphatic rings. The van der Waals surface area contributed by atoms with Crippen molar-refractivity contribution in [3.05, 3.63) is 48.0 Å². The normalized spacial score (nSPS) is 16.1. The molecular weight excluding hydrogens is 284 g/mol. The van der Waals surface area contributed by atoms with E-state index in [4.69, 9.17) is 4.99 Å². The van der Waals surface area contributed by atoms with Crippen LogP contribution in [-0.2, 0) is 13.1 Å². The average molecular weight is 314 g/mol. The number of rotatable bonds is 7. The van der Waals surface area contributed by atoms with Gasteiger partial charge in [-0.2, -0.15) is 0 Å². The highest BCUT2D eigenvalue weighted by atomic mass is 15.2. The van der Waals surface area contributed by atoms with Crippen LogP contribution in [0, 0.1) is 0 Å². The summed E-state index contributed by atoms with van der Waals surface area (Å²) in [7, 11) is 0. The van der Waals surface area contributed by atoms with Crippen molar-refractivity contribution in [1.82, 2.24) is 15.5 Å². The number of benzene rings is 1. The zero-order valence-electron chi connectivity index (χ0n) is 14.4. The fourth-order valence-electron chi connectivity index (χ4n) is 2.90. The van der Waals surface area contributed by atoms with Crippen LogP contribution in [0.5, 0.6) is 0 Å².